The number of hydrogen-bond acceptors (Lipinski definition) is 2. The number of fused-ring (bicyclic) bond motifs is 7. The number of para-hydroxylation sites is 4. The van der Waals surface area contributed by atoms with Gasteiger partial charge in [0, 0.05) is 32.8 Å². The molecule has 9 aromatic rings. The van der Waals surface area contributed by atoms with Gasteiger partial charge in [0.2, 0.25) is 0 Å². The molecule has 0 aliphatic heterocycles. The third kappa shape index (κ3) is 5.32. The minimum absolute atomic E-state index is 0. The second kappa shape index (κ2) is 12.5. The summed E-state index contributed by atoms with van der Waals surface area (Å²) in [6.07, 6.45) is 1.91. The molecule has 5 heteroatoms. The van der Waals surface area contributed by atoms with E-state index in [2.05, 4.69) is 139 Å². The van der Waals surface area contributed by atoms with Crippen LogP contribution in [0.15, 0.2) is 144 Å². The fraction of sp³-hybridized carbons (Fsp3) is 0.0889. The van der Waals surface area contributed by atoms with Crippen LogP contribution in [-0.4, -0.2) is 14.1 Å². The first-order chi connectivity index (χ1) is 23.9. The molecule has 0 radical (unpaired) electrons. The molecule has 0 unspecified atom stereocenters. The first-order valence-corrected chi connectivity index (χ1v) is 16.6. The van der Waals surface area contributed by atoms with E-state index in [1.165, 1.54) is 5.56 Å². The summed E-state index contributed by atoms with van der Waals surface area (Å²) < 4.78 is 11.2. The zero-order valence-corrected chi connectivity index (χ0v) is 30.1. The molecule has 0 N–H and O–H groups in total. The van der Waals surface area contributed by atoms with E-state index in [1.807, 2.05) is 48.7 Å². The maximum Gasteiger partial charge on any atom is 0.151 e. The number of pyridine rings is 1. The molecule has 50 heavy (non-hydrogen) atoms. The molecule has 0 bridgehead atoms. The van der Waals surface area contributed by atoms with E-state index in [9.17, 15) is 0 Å². The van der Waals surface area contributed by atoms with E-state index in [4.69, 9.17) is 9.40 Å². The number of nitrogens with zero attached hydrogens (tertiary/aromatic N) is 3. The molecule has 0 spiro atoms. The zero-order chi connectivity index (χ0) is 33.1. The Morgan fingerprint density at radius 2 is 1.26 bits per heavy atom. The van der Waals surface area contributed by atoms with Crippen molar-refractivity contribution in [3.63, 3.8) is 0 Å². The van der Waals surface area contributed by atoms with Gasteiger partial charge in [-0.25, -0.2) is 16.1 Å². The predicted molar refractivity (Wildman–Crippen MR) is 201 cm³/mol. The number of rotatable bonds is 3. The fourth-order valence-corrected chi connectivity index (χ4v) is 6.85. The largest absolute Gasteiger partial charge is 0.455 e. The summed E-state index contributed by atoms with van der Waals surface area (Å²) in [5.74, 6) is 0.867. The van der Waals surface area contributed by atoms with Gasteiger partial charge in [-0.3, -0.25) is 0 Å². The summed E-state index contributed by atoms with van der Waals surface area (Å²) >= 11 is 0. The van der Waals surface area contributed by atoms with E-state index >= 15 is 0 Å². The Kier molecular flexibility index (Phi) is 7.93. The van der Waals surface area contributed by atoms with Crippen LogP contribution in [0.25, 0.3) is 77.4 Å². The SMILES string of the molecule is CC(C)(C)c1ccnc(-n2c3[c-]c(-n4c5[c-]c(-c6[c-]cccc6)ccc5c5ccccc5oc5ccccc54)ccc3c3ccccc32)c1.[Pt]. The van der Waals surface area contributed by atoms with Gasteiger partial charge >= 0.3 is 0 Å². The van der Waals surface area contributed by atoms with Gasteiger partial charge in [-0.1, -0.05) is 85.9 Å². The van der Waals surface area contributed by atoms with Crippen molar-refractivity contribution < 1.29 is 25.5 Å². The number of hydrogen-bond donors (Lipinski definition) is 0. The monoisotopic (exact) mass is 825 g/mol. The molecule has 246 valence electrons. The van der Waals surface area contributed by atoms with Crippen LogP contribution in [0, 0.1) is 18.2 Å². The molecule has 0 fully saturated rings. The van der Waals surface area contributed by atoms with Crippen LogP contribution in [0.4, 0.5) is 0 Å². The van der Waals surface area contributed by atoms with Crippen LogP contribution in [0.3, 0.4) is 0 Å². The van der Waals surface area contributed by atoms with Crippen LogP contribution < -0.4 is 0 Å². The van der Waals surface area contributed by atoms with Crippen LogP contribution in [0.5, 0.6) is 0 Å². The van der Waals surface area contributed by atoms with Gasteiger partial charge in [-0.15, -0.1) is 29.7 Å². The molecule has 0 aliphatic carbocycles. The van der Waals surface area contributed by atoms with Crippen molar-refractivity contribution in [1.82, 2.24) is 14.1 Å². The van der Waals surface area contributed by atoms with Gasteiger partial charge in [0.15, 0.2) is 5.58 Å². The van der Waals surface area contributed by atoms with Crippen LogP contribution in [-0.2, 0) is 26.5 Å². The average Bonchev–Trinajstić information content (AvgIpc) is 3.46. The summed E-state index contributed by atoms with van der Waals surface area (Å²) in [6, 6.07) is 57.0. The Morgan fingerprint density at radius 1 is 0.580 bits per heavy atom. The maximum atomic E-state index is 6.69. The van der Waals surface area contributed by atoms with Crippen molar-refractivity contribution in [2.24, 2.45) is 0 Å². The Labute approximate surface area is 305 Å². The van der Waals surface area contributed by atoms with Gasteiger partial charge in [-0.05, 0) is 63.7 Å². The van der Waals surface area contributed by atoms with Gasteiger partial charge < -0.3 is 13.6 Å². The molecule has 0 saturated heterocycles. The van der Waals surface area contributed by atoms with Crippen LogP contribution in [0.1, 0.15) is 26.3 Å². The zero-order valence-electron chi connectivity index (χ0n) is 27.8. The molecular weight excluding hydrogens is 794 g/mol. The molecule has 0 atom stereocenters. The van der Waals surface area contributed by atoms with Gasteiger partial charge in [0.25, 0.3) is 0 Å². The van der Waals surface area contributed by atoms with E-state index in [0.717, 1.165) is 77.4 Å². The molecule has 3 aromatic heterocycles. The van der Waals surface area contributed by atoms with Crippen LogP contribution >= 0.6 is 0 Å². The van der Waals surface area contributed by atoms with Crippen molar-refractivity contribution in [2.75, 3.05) is 0 Å². The minimum Gasteiger partial charge on any atom is -0.455 e. The minimum atomic E-state index is -0.0245. The second-order valence-electron chi connectivity index (χ2n) is 13.4. The Hall–Kier alpha value is -5.44. The molecule has 0 saturated carbocycles. The average molecular weight is 826 g/mol. The fourth-order valence-electron chi connectivity index (χ4n) is 6.85. The normalized spacial score (nSPS) is 11.7. The predicted octanol–water partition coefficient (Wildman–Crippen LogP) is 11.5. The first kappa shape index (κ1) is 31.8. The second-order valence-corrected chi connectivity index (χ2v) is 13.4. The molecule has 0 aliphatic rings. The maximum absolute atomic E-state index is 6.69. The molecule has 3 heterocycles. The van der Waals surface area contributed by atoms with Crippen molar-refractivity contribution in [1.29, 1.82) is 0 Å². The summed E-state index contributed by atoms with van der Waals surface area (Å²) in [4.78, 5) is 4.91. The van der Waals surface area contributed by atoms with Gasteiger partial charge in [0.05, 0.1) is 5.52 Å². The Morgan fingerprint density at radius 3 is 2.06 bits per heavy atom. The summed E-state index contributed by atoms with van der Waals surface area (Å²) in [7, 11) is 0. The van der Waals surface area contributed by atoms with Gasteiger partial charge in [-0.2, -0.15) is 42.5 Å². The summed E-state index contributed by atoms with van der Waals surface area (Å²) in [5.41, 5.74) is 9.39. The molecule has 6 aromatic carbocycles. The Bertz CT molecular complexity index is 2760. The third-order valence-corrected chi connectivity index (χ3v) is 9.30. The van der Waals surface area contributed by atoms with E-state index in [-0.39, 0.29) is 26.5 Å². The molecular formula is C45H32N3OPt-3. The van der Waals surface area contributed by atoms with E-state index < -0.39 is 0 Å². The van der Waals surface area contributed by atoms with Crippen molar-refractivity contribution in [2.45, 2.75) is 26.2 Å². The van der Waals surface area contributed by atoms with E-state index in [1.54, 1.807) is 0 Å². The topological polar surface area (TPSA) is 35.9 Å². The van der Waals surface area contributed by atoms with Gasteiger partial charge in [0.1, 0.15) is 11.4 Å². The third-order valence-electron chi connectivity index (χ3n) is 9.30. The van der Waals surface area contributed by atoms with Crippen molar-refractivity contribution in [3.8, 4) is 22.6 Å². The van der Waals surface area contributed by atoms with Crippen LogP contribution in [0.2, 0.25) is 0 Å². The first-order valence-electron chi connectivity index (χ1n) is 16.6. The molecule has 9 rings (SSSR count). The Balaban J connectivity index is 0.00000361. The smallest absolute Gasteiger partial charge is 0.151 e. The standard InChI is InChI=1S/C45H32N3O.Pt/c1-45(2,3)32-25-26-46-44(28-32)48-38-17-9-7-15-34(38)35-24-22-33(29-41(35)48)47-39-18-10-12-20-43(39)49-42-19-11-8-16-37(42)36-23-21-31(27-40(36)47)30-13-5-4-6-14-30;/h4-13,15-26,28H,1-3H3;/q-3;. The summed E-state index contributed by atoms with van der Waals surface area (Å²) in [5, 5.41) is 4.28. The summed E-state index contributed by atoms with van der Waals surface area (Å²) in [6.45, 7) is 6.70. The van der Waals surface area contributed by atoms with Crippen molar-refractivity contribution >= 4 is 54.8 Å². The number of benzene rings is 6. The molecule has 4 nitrogen and oxygen atoms in total. The molecule has 0 amide bonds. The van der Waals surface area contributed by atoms with E-state index in [0.29, 0.717) is 0 Å². The quantitative estimate of drug-likeness (QED) is 0.166. The van der Waals surface area contributed by atoms with Crippen molar-refractivity contribution in [3.05, 3.63) is 163 Å². The number of aromatic nitrogens is 3.